The van der Waals surface area contributed by atoms with Crippen LogP contribution in [0.1, 0.15) is 17.3 Å². The molecule has 1 atom stereocenters. The van der Waals surface area contributed by atoms with Gasteiger partial charge in [-0.25, -0.2) is 23.1 Å². The first kappa shape index (κ1) is 18.2. The second kappa shape index (κ2) is 6.75. The van der Waals surface area contributed by atoms with Crippen LogP contribution in [0.15, 0.2) is 23.1 Å². The highest BCUT2D eigenvalue weighted by Gasteiger charge is 2.32. The number of hydrogen-bond donors (Lipinski definition) is 2. The van der Waals surface area contributed by atoms with Gasteiger partial charge in [0.15, 0.2) is 6.10 Å². The fraction of sp³-hybridized carbons (Fsp3) is 0.308. The van der Waals surface area contributed by atoms with E-state index >= 15 is 0 Å². The second-order valence-electron chi connectivity index (χ2n) is 4.96. The number of halogens is 1. The summed E-state index contributed by atoms with van der Waals surface area (Å²) in [7, 11) is -4.12. The van der Waals surface area contributed by atoms with Gasteiger partial charge >= 0.3 is 12.0 Å². The number of nitrogens with two attached hydrogens (primary N) is 1. The summed E-state index contributed by atoms with van der Waals surface area (Å²) in [6.45, 7) is 1.80. The summed E-state index contributed by atoms with van der Waals surface area (Å²) in [6.07, 6.45) is -1.23. The monoisotopic (exact) mass is 375 g/mol. The van der Waals surface area contributed by atoms with Crippen LogP contribution in [-0.4, -0.2) is 50.4 Å². The van der Waals surface area contributed by atoms with Crippen LogP contribution in [-0.2, 0) is 19.6 Å². The number of ether oxygens (including phenoxy) is 1. The summed E-state index contributed by atoms with van der Waals surface area (Å²) in [5.41, 5.74) is -0.144. The van der Waals surface area contributed by atoms with E-state index < -0.39 is 38.9 Å². The number of hydrogen-bond acceptors (Lipinski definition) is 6. The van der Waals surface area contributed by atoms with E-state index in [1.54, 1.807) is 0 Å². The molecule has 1 aromatic carbocycles. The van der Waals surface area contributed by atoms with Crippen molar-refractivity contribution in [2.45, 2.75) is 17.9 Å². The van der Waals surface area contributed by atoms with Crippen molar-refractivity contribution >= 4 is 39.5 Å². The molecule has 3 N–H and O–H groups in total. The zero-order valence-corrected chi connectivity index (χ0v) is 14.1. The van der Waals surface area contributed by atoms with Crippen LogP contribution in [0.25, 0.3) is 0 Å². The Morgan fingerprint density at radius 2 is 2.08 bits per heavy atom. The molecule has 0 aromatic heterocycles. The van der Waals surface area contributed by atoms with Gasteiger partial charge in [-0.1, -0.05) is 11.6 Å². The van der Waals surface area contributed by atoms with Gasteiger partial charge in [0.2, 0.25) is 10.0 Å². The predicted octanol–water partition coefficient (Wildman–Crippen LogP) is 0.0845. The van der Waals surface area contributed by atoms with Gasteiger partial charge < -0.3 is 10.1 Å². The van der Waals surface area contributed by atoms with Gasteiger partial charge in [-0.3, -0.25) is 9.69 Å². The Kier molecular flexibility index (Phi) is 5.11. The second-order valence-corrected chi connectivity index (χ2v) is 6.90. The number of nitrogens with zero attached hydrogens (tertiary/aromatic N) is 1. The third-order valence-electron chi connectivity index (χ3n) is 3.23. The molecular formula is C13H14ClN3O6S. The summed E-state index contributed by atoms with van der Waals surface area (Å²) < 4.78 is 27.8. The Labute approximate surface area is 142 Å². The van der Waals surface area contributed by atoms with Crippen molar-refractivity contribution in [2.24, 2.45) is 5.14 Å². The topological polar surface area (TPSA) is 136 Å². The number of imide groups is 1. The highest BCUT2D eigenvalue weighted by atomic mass is 35.5. The van der Waals surface area contributed by atoms with Crippen LogP contribution < -0.4 is 10.5 Å². The lowest BCUT2D eigenvalue weighted by Gasteiger charge is -2.18. The van der Waals surface area contributed by atoms with Gasteiger partial charge in [-0.05, 0) is 25.1 Å². The molecule has 3 amide bonds. The van der Waals surface area contributed by atoms with Gasteiger partial charge in [0.1, 0.15) is 4.90 Å². The van der Waals surface area contributed by atoms with Crippen LogP contribution in [0.5, 0.6) is 0 Å². The maximum Gasteiger partial charge on any atom is 0.338 e. The summed E-state index contributed by atoms with van der Waals surface area (Å²) in [5.74, 6) is -1.63. The minimum atomic E-state index is -4.12. The summed E-state index contributed by atoms with van der Waals surface area (Å²) in [6, 6.07) is 2.81. The number of primary sulfonamides is 1. The summed E-state index contributed by atoms with van der Waals surface area (Å²) in [4.78, 5) is 36.0. The molecule has 0 radical (unpaired) electrons. The van der Waals surface area contributed by atoms with Crippen molar-refractivity contribution in [2.75, 3.05) is 13.1 Å². The maximum atomic E-state index is 12.1. The first-order chi connectivity index (χ1) is 11.1. The van der Waals surface area contributed by atoms with Crippen LogP contribution in [0.4, 0.5) is 4.79 Å². The van der Waals surface area contributed by atoms with E-state index in [2.05, 4.69) is 5.32 Å². The first-order valence-electron chi connectivity index (χ1n) is 6.74. The number of nitrogens with one attached hydrogen (secondary N) is 1. The Morgan fingerprint density at radius 3 is 2.62 bits per heavy atom. The van der Waals surface area contributed by atoms with E-state index in [1.807, 2.05) is 0 Å². The minimum absolute atomic E-state index is 0.144. The van der Waals surface area contributed by atoms with Gasteiger partial charge in [-0.2, -0.15) is 0 Å². The number of carbonyl (C=O) groups is 3. The molecule has 0 saturated carbocycles. The van der Waals surface area contributed by atoms with Crippen LogP contribution in [0.2, 0.25) is 5.02 Å². The quantitative estimate of drug-likeness (QED) is 0.715. The fourth-order valence-electron chi connectivity index (χ4n) is 2.03. The number of amides is 3. The van der Waals surface area contributed by atoms with E-state index in [9.17, 15) is 22.8 Å². The van der Waals surface area contributed by atoms with Gasteiger partial charge in [-0.15, -0.1) is 0 Å². The SMILES string of the molecule is CC(OC(=O)c1ccc(Cl)c(S(N)(=O)=O)c1)C(=O)N1CCNC1=O. The molecule has 24 heavy (non-hydrogen) atoms. The zero-order chi connectivity index (χ0) is 18.1. The Balaban J connectivity index is 2.15. The highest BCUT2D eigenvalue weighted by molar-refractivity contribution is 7.89. The van der Waals surface area contributed by atoms with E-state index in [4.69, 9.17) is 21.5 Å². The summed E-state index contributed by atoms with van der Waals surface area (Å²) >= 11 is 5.73. The number of benzene rings is 1. The molecule has 1 aliphatic heterocycles. The number of rotatable bonds is 4. The Morgan fingerprint density at radius 1 is 1.42 bits per heavy atom. The molecule has 0 bridgehead atoms. The lowest BCUT2D eigenvalue weighted by atomic mass is 10.2. The molecule has 130 valence electrons. The van der Waals surface area contributed by atoms with Crippen molar-refractivity contribution < 1.29 is 27.5 Å². The average molecular weight is 376 g/mol. The molecule has 0 aliphatic carbocycles. The molecule has 2 rings (SSSR count). The normalized spacial score (nSPS) is 15.8. The van der Waals surface area contributed by atoms with Crippen molar-refractivity contribution in [1.82, 2.24) is 10.2 Å². The molecule has 1 aliphatic rings. The number of carbonyl (C=O) groups excluding carboxylic acids is 3. The molecule has 1 aromatic rings. The van der Waals surface area contributed by atoms with E-state index in [-0.39, 0.29) is 17.1 Å². The molecule has 11 heteroatoms. The zero-order valence-electron chi connectivity index (χ0n) is 12.5. The first-order valence-corrected chi connectivity index (χ1v) is 8.66. The molecular weight excluding hydrogens is 362 g/mol. The van der Waals surface area contributed by atoms with Gasteiger partial charge in [0.25, 0.3) is 5.91 Å². The van der Waals surface area contributed by atoms with Crippen molar-refractivity contribution in [3.63, 3.8) is 0 Å². The minimum Gasteiger partial charge on any atom is -0.449 e. The van der Waals surface area contributed by atoms with Crippen LogP contribution >= 0.6 is 11.6 Å². The predicted molar refractivity (Wildman–Crippen MR) is 82.8 cm³/mol. The molecule has 1 heterocycles. The molecule has 9 nitrogen and oxygen atoms in total. The lowest BCUT2D eigenvalue weighted by Crippen LogP contribution is -2.41. The van der Waals surface area contributed by atoms with Gasteiger partial charge in [0, 0.05) is 13.1 Å². The van der Waals surface area contributed by atoms with E-state index in [0.717, 1.165) is 11.0 Å². The van der Waals surface area contributed by atoms with E-state index in [0.29, 0.717) is 6.54 Å². The molecule has 1 unspecified atom stereocenters. The lowest BCUT2D eigenvalue weighted by molar-refractivity contribution is -0.136. The third-order valence-corrected chi connectivity index (χ3v) is 4.62. The number of sulfonamides is 1. The number of urea groups is 1. The Bertz CT molecular complexity index is 810. The smallest absolute Gasteiger partial charge is 0.338 e. The molecule has 0 spiro atoms. The third kappa shape index (κ3) is 3.83. The van der Waals surface area contributed by atoms with Crippen molar-refractivity contribution in [3.05, 3.63) is 28.8 Å². The average Bonchev–Trinajstić information content (AvgIpc) is 2.91. The Hall–Kier alpha value is -2.17. The van der Waals surface area contributed by atoms with Crippen LogP contribution in [0.3, 0.4) is 0 Å². The van der Waals surface area contributed by atoms with Crippen molar-refractivity contribution in [3.8, 4) is 0 Å². The van der Waals surface area contributed by atoms with Gasteiger partial charge in [0.05, 0.1) is 10.6 Å². The standard InChI is InChI=1S/C13H14ClN3O6S/c1-7(11(18)17-5-4-16-13(17)20)23-12(19)8-2-3-9(14)10(6-8)24(15,21)22/h2-3,6-7H,4-5H2,1H3,(H,16,20)(H2,15,21,22). The molecule has 1 fully saturated rings. The highest BCUT2D eigenvalue weighted by Crippen LogP contribution is 2.22. The van der Waals surface area contributed by atoms with E-state index in [1.165, 1.54) is 19.1 Å². The number of esters is 1. The largest absolute Gasteiger partial charge is 0.449 e. The van der Waals surface area contributed by atoms with Crippen LogP contribution in [0, 0.1) is 0 Å². The fourth-order valence-corrected chi connectivity index (χ4v) is 3.10. The molecule has 1 saturated heterocycles. The summed E-state index contributed by atoms with van der Waals surface area (Å²) in [5, 5.41) is 7.31. The maximum absolute atomic E-state index is 12.1. The van der Waals surface area contributed by atoms with Crippen molar-refractivity contribution in [1.29, 1.82) is 0 Å².